The molecule has 1 fully saturated rings. The van der Waals surface area contributed by atoms with Crippen molar-refractivity contribution >= 4 is 39.2 Å². The summed E-state index contributed by atoms with van der Waals surface area (Å²) in [4.78, 5) is 25.7. The van der Waals surface area contributed by atoms with E-state index < -0.39 is 11.7 Å². The third kappa shape index (κ3) is 3.79. The Hall–Kier alpha value is -3.14. The third-order valence-electron chi connectivity index (χ3n) is 5.63. The Bertz CT molecular complexity index is 1200. The summed E-state index contributed by atoms with van der Waals surface area (Å²) >= 11 is 3.29. The van der Waals surface area contributed by atoms with Crippen LogP contribution in [0.3, 0.4) is 0 Å². The van der Waals surface area contributed by atoms with Gasteiger partial charge in [-0.05, 0) is 58.7 Å². The molecule has 164 valence electrons. The SMILES string of the molecule is O=C(Nc1ccnc(Br)c1)N1c2nc(-c3cccc(C(F)(F)F)c3)ccc2N2CC[C@H]1C2. The van der Waals surface area contributed by atoms with Crippen LogP contribution in [0, 0.1) is 0 Å². The highest BCUT2D eigenvalue weighted by molar-refractivity contribution is 9.10. The first kappa shape index (κ1) is 20.7. The zero-order valence-corrected chi connectivity index (χ0v) is 18.2. The van der Waals surface area contributed by atoms with Crippen molar-refractivity contribution in [3.8, 4) is 11.3 Å². The van der Waals surface area contributed by atoms with E-state index in [1.807, 2.05) is 6.07 Å². The molecule has 32 heavy (non-hydrogen) atoms. The Morgan fingerprint density at radius 3 is 2.78 bits per heavy atom. The van der Waals surface area contributed by atoms with E-state index in [1.165, 1.54) is 6.07 Å². The van der Waals surface area contributed by atoms with Crippen LogP contribution in [0.25, 0.3) is 11.3 Å². The molecule has 2 aliphatic heterocycles. The molecule has 10 heteroatoms. The van der Waals surface area contributed by atoms with Crippen molar-refractivity contribution in [1.29, 1.82) is 0 Å². The quantitative estimate of drug-likeness (QED) is 0.465. The smallest absolute Gasteiger partial charge is 0.366 e. The summed E-state index contributed by atoms with van der Waals surface area (Å²) in [5, 5.41) is 2.87. The normalized spacial score (nSPS) is 17.3. The first-order valence-corrected chi connectivity index (χ1v) is 10.7. The van der Waals surface area contributed by atoms with Crippen molar-refractivity contribution in [2.75, 3.05) is 28.2 Å². The molecule has 1 N–H and O–H groups in total. The molecule has 2 bridgehead atoms. The number of halogens is 4. The molecule has 0 spiro atoms. The number of hydrogen-bond donors (Lipinski definition) is 1. The molecule has 6 nitrogen and oxygen atoms in total. The predicted molar refractivity (Wildman–Crippen MR) is 119 cm³/mol. The zero-order valence-electron chi connectivity index (χ0n) is 16.6. The fourth-order valence-electron chi connectivity index (χ4n) is 4.15. The van der Waals surface area contributed by atoms with Gasteiger partial charge < -0.3 is 10.2 Å². The number of nitrogens with zero attached hydrogens (tertiary/aromatic N) is 4. The van der Waals surface area contributed by atoms with Crippen molar-refractivity contribution in [2.24, 2.45) is 0 Å². The Morgan fingerprint density at radius 2 is 2.00 bits per heavy atom. The minimum atomic E-state index is -4.44. The number of alkyl halides is 3. The Labute approximate surface area is 190 Å². The van der Waals surface area contributed by atoms with E-state index >= 15 is 0 Å². The molecular formula is C22H17BrF3N5O. The Kier molecular flexibility index (Phi) is 5.04. The molecule has 0 saturated carbocycles. The number of aromatic nitrogens is 2. The van der Waals surface area contributed by atoms with Crippen LogP contribution in [0.4, 0.5) is 35.2 Å². The first-order chi connectivity index (χ1) is 15.3. The van der Waals surface area contributed by atoms with Gasteiger partial charge in [0.05, 0.1) is 23.0 Å². The van der Waals surface area contributed by atoms with Crippen molar-refractivity contribution in [3.05, 3.63) is 64.9 Å². The fourth-order valence-corrected chi connectivity index (χ4v) is 4.52. The molecule has 0 radical (unpaired) electrons. The molecular weight excluding hydrogens is 487 g/mol. The van der Waals surface area contributed by atoms with Gasteiger partial charge in [0.1, 0.15) is 4.60 Å². The van der Waals surface area contributed by atoms with Gasteiger partial charge in [-0.2, -0.15) is 13.2 Å². The maximum atomic E-state index is 13.2. The number of rotatable bonds is 2. The van der Waals surface area contributed by atoms with Gasteiger partial charge in [-0.25, -0.2) is 14.8 Å². The van der Waals surface area contributed by atoms with Gasteiger partial charge in [0.25, 0.3) is 0 Å². The molecule has 2 aliphatic rings. The molecule has 4 heterocycles. The van der Waals surface area contributed by atoms with Gasteiger partial charge in [-0.3, -0.25) is 4.90 Å². The molecule has 2 amide bonds. The number of amides is 2. The molecule has 1 saturated heterocycles. The number of hydrogen-bond acceptors (Lipinski definition) is 4. The van der Waals surface area contributed by atoms with Gasteiger partial charge in [-0.15, -0.1) is 0 Å². The maximum absolute atomic E-state index is 13.2. The standard InChI is InChI=1S/C22H17BrF3N5O/c23-19-11-15(6-8-27-19)28-21(32)31-16-7-9-30(12-16)18-5-4-17(29-20(18)31)13-2-1-3-14(10-13)22(24,25)26/h1-6,8,10-11,16H,7,9,12H2,(H,27,28,32)/t16-/m0/s1. The average molecular weight is 504 g/mol. The maximum Gasteiger partial charge on any atom is 0.416 e. The summed E-state index contributed by atoms with van der Waals surface area (Å²) in [6.07, 6.45) is -2.09. The van der Waals surface area contributed by atoms with Crippen molar-refractivity contribution in [1.82, 2.24) is 9.97 Å². The molecule has 1 aromatic carbocycles. The van der Waals surface area contributed by atoms with E-state index in [2.05, 4.69) is 36.1 Å². The second kappa shape index (κ2) is 7.77. The third-order valence-corrected chi connectivity index (χ3v) is 6.07. The number of benzene rings is 1. The second-order valence-electron chi connectivity index (χ2n) is 7.67. The number of carbonyl (C=O) groups excluding carboxylic acids is 1. The molecule has 1 atom stereocenters. The lowest BCUT2D eigenvalue weighted by molar-refractivity contribution is -0.137. The summed E-state index contributed by atoms with van der Waals surface area (Å²) in [5.74, 6) is 0.444. The summed E-state index contributed by atoms with van der Waals surface area (Å²) in [6.45, 7) is 1.47. The Balaban J connectivity index is 1.53. The monoisotopic (exact) mass is 503 g/mol. The molecule has 5 rings (SSSR count). The summed E-state index contributed by atoms with van der Waals surface area (Å²) in [6, 6.07) is 11.5. The molecule has 3 aromatic rings. The number of urea groups is 1. The van der Waals surface area contributed by atoms with Crippen LogP contribution in [-0.2, 0) is 6.18 Å². The topological polar surface area (TPSA) is 61.4 Å². The molecule has 2 aromatic heterocycles. The van der Waals surface area contributed by atoms with Crippen LogP contribution in [0.5, 0.6) is 0 Å². The largest absolute Gasteiger partial charge is 0.416 e. The average Bonchev–Trinajstić information content (AvgIpc) is 3.17. The van der Waals surface area contributed by atoms with Gasteiger partial charge in [0.15, 0.2) is 5.82 Å². The number of fused-ring (bicyclic) bond motifs is 4. The summed E-state index contributed by atoms with van der Waals surface area (Å²) in [5.41, 5.74) is 1.35. The second-order valence-corrected chi connectivity index (χ2v) is 8.49. The highest BCUT2D eigenvalue weighted by Gasteiger charge is 2.40. The number of nitrogens with one attached hydrogen (secondary N) is 1. The van der Waals surface area contributed by atoms with E-state index in [-0.39, 0.29) is 12.1 Å². The summed E-state index contributed by atoms with van der Waals surface area (Å²) < 4.78 is 40.1. The minimum absolute atomic E-state index is 0.0722. The van der Waals surface area contributed by atoms with Crippen LogP contribution < -0.4 is 15.1 Å². The minimum Gasteiger partial charge on any atom is -0.366 e. The van der Waals surface area contributed by atoms with Gasteiger partial charge in [-0.1, -0.05) is 12.1 Å². The van der Waals surface area contributed by atoms with Crippen LogP contribution in [0.1, 0.15) is 12.0 Å². The van der Waals surface area contributed by atoms with Gasteiger partial charge >= 0.3 is 12.2 Å². The van der Waals surface area contributed by atoms with Crippen LogP contribution >= 0.6 is 15.9 Å². The van der Waals surface area contributed by atoms with Crippen molar-refractivity contribution in [3.63, 3.8) is 0 Å². The lowest BCUT2D eigenvalue weighted by Crippen LogP contribution is -2.48. The van der Waals surface area contributed by atoms with Crippen LogP contribution in [0.2, 0.25) is 0 Å². The van der Waals surface area contributed by atoms with E-state index in [9.17, 15) is 18.0 Å². The number of pyridine rings is 2. The van der Waals surface area contributed by atoms with E-state index in [0.29, 0.717) is 33.9 Å². The van der Waals surface area contributed by atoms with Crippen LogP contribution in [-0.4, -0.2) is 35.1 Å². The van der Waals surface area contributed by atoms with Crippen molar-refractivity contribution < 1.29 is 18.0 Å². The number of carbonyl (C=O) groups is 1. The number of anilines is 3. The zero-order chi connectivity index (χ0) is 22.5. The fraction of sp³-hybridized carbons (Fsp3) is 0.227. The highest BCUT2D eigenvalue weighted by Crippen LogP contribution is 2.41. The van der Waals surface area contributed by atoms with Crippen LogP contribution in [0.15, 0.2) is 59.3 Å². The Morgan fingerprint density at radius 1 is 1.16 bits per heavy atom. The van der Waals surface area contributed by atoms with E-state index in [0.717, 1.165) is 30.8 Å². The molecule has 0 unspecified atom stereocenters. The lowest BCUT2D eigenvalue weighted by atomic mass is 10.1. The predicted octanol–water partition coefficient (Wildman–Crippen LogP) is 5.56. The first-order valence-electron chi connectivity index (χ1n) is 9.95. The van der Waals surface area contributed by atoms with Crippen molar-refractivity contribution in [2.45, 2.75) is 18.6 Å². The van der Waals surface area contributed by atoms with Gasteiger partial charge in [0, 0.05) is 30.5 Å². The lowest BCUT2D eigenvalue weighted by Gasteiger charge is -2.36. The summed E-state index contributed by atoms with van der Waals surface area (Å²) in [7, 11) is 0. The van der Waals surface area contributed by atoms with E-state index in [1.54, 1.807) is 35.4 Å². The van der Waals surface area contributed by atoms with Gasteiger partial charge in [0.2, 0.25) is 0 Å². The molecule has 0 aliphatic carbocycles. The van der Waals surface area contributed by atoms with E-state index in [4.69, 9.17) is 0 Å². The highest BCUT2D eigenvalue weighted by atomic mass is 79.9.